The van der Waals surface area contributed by atoms with Gasteiger partial charge >= 0.3 is 0 Å². The van der Waals surface area contributed by atoms with E-state index in [-0.39, 0.29) is 0 Å². The highest BCUT2D eigenvalue weighted by Crippen LogP contribution is 2.27. The van der Waals surface area contributed by atoms with Gasteiger partial charge in [0.1, 0.15) is 0 Å². The molecular weight excluding hydrogens is 318 g/mol. The zero-order valence-electron chi connectivity index (χ0n) is 15.1. The predicted octanol–water partition coefficient (Wildman–Crippen LogP) is 5.02. The second-order valence-corrected chi connectivity index (χ2v) is 7.55. The highest BCUT2D eigenvalue weighted by Gasteiger charge is 2.19. The summed E-state index contributed by atoms with van der Waals surface area (Å²) in [6.45, 7) is 5.84. The summed E-state index contributed by atoms with van der Waals surface area (Å²) in [5.41, 5.74) is 4.93. The number of benzene rings is 2. The molecular formula is C23H23N3. The van der Waals surface area contributed by atoms with Crippen LogP contribution in [0, 0.1) is 5.92 Å². The van der Waals surface area contributed by atoms with Crippen molar-refractivity contribution in [2.24, 2.45) is 5.92 Å². The van der Waals surface area contributed by atoms with Crippen LogP contribution in [-0.2, 0) is 6.54 Å². The van der Waals surface area contributed by atoms with E-state index in [2.05, 4.69) is 76.1 Å². The molecule has 1 aliphatic heterocycles. The Morgan fingerprint density at radius 1 is 1.08 bits per heavy atom. The lowest BCUT2D eigenvalue weighted by Crippen LogP contribution is -2.19. The standard InChI is InChI=1S/C23H23N3/c1-17-9-12-25(15-17)16-19-4-2-6-23-21(19)10-13-26(23)20-7-8-22-18(14-20)5-3-11-24-22/h2-8,10-11,13-14,17H,9,12,15-16H2,1H3. The smallest absolute Gasteiger partial charge is 0.0703 e. The van der Waals surface area contributed by atoms with E-state index < -0.39 is 0 Å². The quantitative estimate of drug-likeness (QED) is 0.522. The first kappa shape index (κ1) is 15.6. The molecule has 0 aliphatic carbocycles. The molecule has 3 nitrogen and oxygen atoms in total. The van der Waals surface area contributed by atoms with E-state index in [0.29, 0.717) is 0 Å². The Morgan fingerprint density at radius 3 is 2.92 bits per heavy atom. The summed E-state index contributed by atoms with van der Waals surface area (Å²) in [7, 11) is 0. The van der Waals surface area contributed by atoms with Crippen molar-refractivity contribution in [2.75, 3.05) is 13.1 Å². The lowest BCUT2D eigenvalue weighted by atomic mass is 10.1. The first-order valence-electron chi connectivity index (χ1n) is 9.44. The number of aromatic nitrogens is 2. The van der Waals surface area contributed by atoms with Crippen molar-refractivity contribution in [2.45, 2.75) is 19.9 Å². The summed E-state index contributed by atoms with van der Waals surface area (Å²) in [6.07, 6.45) is 5.36. The van der Waals surface area contributed by atoms with Gasteiger partial charge in [-0.1, -0.05) is 25.1 Å². The predicted molar refractivity (Wildman–Crippen MR) is 108 cm³/mol. The number of fused-ring (bicyclic) bond motifs is 2. The van der Waals surface area contributed by atoms with Crippen LogP contribution in [0.4, 0.5) is 0 Å². The van der Waals surface area contributed by atoms with Gasteiger partial charge in [0, 0.05) is 41.9 Å². The Balaban J connectivity index is 1.55. The maximum atomic E-state index is 4.43. The minimum absolute atomic E-state index is 0.824. The van der Waals surface area contributed by atoms with Gasteiger partial charge in [0.25, 0.3) is 0 Å². The van der Waals surface area contributed by atoms with Gasteiger partial charge in [-0.2, -0.15) is 0 Å². The molecule has 3 heteroatoms. The van der Waals surface area contributed by atoms with E-state index in [1.54, 1.807) is 0 Å². The first-order valence-corrected chi connectivity index (χ1v) is 9.44. The van der Waals surface area contributed by atoms with Crippen LogP contribution in [0.2, 0.25) is 0 Å². The molecule has 1 saturated heterocycles. The Labute approximate surface area is 153 Å². The molecule has 0 N–H and O–H groups in total. The van der Waals surface area contributed by atoms with Gasteiger partial charge in [0.05, 0.1) is 11.0 Å². The summed E-state index contributed by atoms with van der Waals surface area (Å²) in [6, 6.07) is 19.5. The third-order valence-electron chi connectivity index (χ3n) is 5.59. The van der Waals surface area contributed by atoms with Crippen LogP contribution in [0.3, 0.4) is 0 Å². The third-order valence-corrected chi connectivity index (χ3v) is 5.59. The van der Waals surface area contributed by atoms with Crippen molar-refractivity contribution in [1.29, 1.82) is 0 Å². The average Bonchev–Trinajstić information content (AvgIpc) is 3.28. The molecule has 1 aliphatic rings. The van der Waals surface area contributed by atoms with Gasteiger partial charge in [-0.3, -0.25) is 9.88 Å². The fraction of sp³-hybridized carbons (Fsp3) is 0.261. The molecule has 2 aromatic carbocycles. The Morgan fingerprint density at radius 2 is 2.04 bits per heavy atom. The van der Waals surface area contributed by atoms with Gasteiger partial charge in [-0.15, -0.1) is 0 Å². The number of hydrogen-bond acceptors (Lipinski definition) is 2. The molecule has 130 valence electrons. The molecule has 1 atom stereocenters. The fourth-order valence-corrected chi connectivity index (χ4v) is 4.22. The monoisotopic (exact) mass is 341 g/mol. The Bertz CT molecular complexity index is 1080. The normalized spacial score (nSPS) is 18.1. The summed E-state index contributed by atoms with van der Waals surface area (Å²) >= 11 is 0. The molecule has 0 radical (unpaired) electrons. The molecule has 5 rings (SSSR count). The lowest BCUT2D eigenvalue weighted by Gasteiger charge is -2.16. The van der Waals surface area contributed by atoms with E-state index >= 15 is 0 Å². The maximum absolute atomic E-state index is 4.43. The van der Waals surface area contributed by atoms with Crippen molar-refractivity contribution in [3.8, 4) is 5.69 Å². The van der Waals surface area contributed by atoms with Crippen molar-refractivity contribution in [3.05, 3.63) is 72.6 Å². The van der Waals surface area contributed by atoms with Crippen LogP contribution in [0.5, 0.6) is 0 Å². The molecule has 0 saturated carbocycles. The van der Waals surface area contributed by atoms with Crippen LogP contribution in [0.15, 0.2) is 67.0 Å². The average molecular weight is 341 g/mol. The van der Waals surface area contributed by atoms with Gasteiger partial charge in [-0.05, 0) is 60.8 Å². The highest BCUT2D eigenvalue weighted by molar-refractivity contribution is 5.87. The summed E-state index contributed by atoms with van der Waals surface area (Å²) in [5.74, 6) is 0.824. The summed E-state index contributed by atoms with van der Waals surface area (Å²) < 4.78 is 2.29. The molecule has 0 amide bonds. The van der Waals surface area contributed by atoms with Crippen molar-refractivity contribution in [3.63, 3.8) is 0 Å². The minimum Gasteiger partial charge on any atom is -0.317 e. The van der Waals surface area contributed by atoms with Crippen molar-refractivity contribution < 1.29 is 0 Å². The second-order valence-electron chi connectivity index (χ2n) is 7.55. The number of pyridine rings is 1. The van der Waals surface area contributed by atoms with E-state index in [0.717, 1.165) is 18.0 Å². The second kappa shape index (κ2) is 6.26. The van der Waals surface area contributed by atoms with E-state index in [1.165, 1.54) is 47.1 Å². The SMILES string of the molecule is CC1CCN(Cc2cccc3c2ccn3-c2ccc3ncccc3c2)C1. The van der Waals surface area contributed by atoms with E-state index in [9.17, 15) is 0 Å². The zero-order valence-corrected chi connectivity index (χ0v) is 15.1. The van der Waals surface area contributed by atoms with Crippen LogP contribution in [0.25, 0.3) is 27.5 Å². The lowest BCUT2D eigenvalue weighted by molar-refractivity contribution is 0.321. The van der Waals surface area contributed by atoms with Gasteiger partial charge in [0.2, 0.25) is 0 Å². The number of nitrogens with zero attached hydrogens (tertiary/aromatic N) is 3. The molecule has 4 aromatic rings. The Hall–Kier alpha value is -2.65. The molecule has 0 spiro atoms. The molecule has 26 heavy (non-hydrogen) atoms. The topological polar surface area (TPSA) is 21.1 Å². The summed E-state index contributed by atoms with van der Waals surface area (Å²) in [5, 5.41) is 2.53. The van der Waals surface area contributed by atoms with E-state index in [4.69, 9.17) is 0 Å². The largest absolute Gasteiger partial charge is 0.317 e. The summed E-state index contributed by atoms with van der Waals surface area (Å²) in [4.78, 5) is 7.01. The van der Waals surface area contributed by atoms with Crippen LogP contribution >= 0.6 is 0 Å². The first-order chi connectivity index (χ1) is 12.8. The van der Waals surface area contributed by atoms with Gasteiger partial charge in [0.15, 0.2) is 0 Å². The Kier molecular flexibility index (Phi) is 3.75. The third kappa shape index (κ3) is 2.69. The van der Waals surface area contributed by atoms with Crippen LogP contribution < -0.4 is 0 Å². The molecule has 1 unspecified atom stereocenters. The minimum atomic E-state index is 0.824. The van der Waals surface area contributed by atoms with E-state index in [1.807, 2.05) is 12.3 Å². The molecule has 3 heterocycles. The molecule has 2 aromatic heterocycles. The van der Waals surface area contributed by atoms with Gasteiger partial charge < -0.3 is 4.57 Å². The highest BCUT2D eigenvalue weighted by atomic mass is 15.1. The maximum Gasteiger partial charge on any atom is 0.0703 e. The van der Waals surface area contributed by atoms with Crippen LogP contribution in [-0.4, -0.2) is 27.5 Å². The van der Waals surface area contributed by atoms with Crippen molar-refractivity contribution >= 4 is 21.8 Å². The molecule has 0 bridgehead atoms. The van der Waals surface area contributed by atoms with Gasteiger partial charge in [-0.25, -0.2) is 0 Å². The number of likely N-dealkylation sites (tertiary alicyclic amines) is 1. The zero-order chi connectivity index (χ0) is 17.5. The number of hydrogen-bond donors (Lipinski definition) is 0. The fourth-order valence-electron chi connectivity index (χ4n) is 4.22. The number of rotatable bonds is 3. The van der Waals surface area contributed by atoms with Crippen LogP contribution in [0.1, 0.15) is 18.9 Å². The van der Waals surface area contributed by atoms with Crippen molar-refractivity contribution in [1.82, 2.24) is 14.5 Å². The molecule has 1 fully saturated rings.